The normalized spacial score (nSPS) is 23.7. The van der Waals surface area contributed by atoms with Crippen LogP contribution < -0.4 is 21.1 Å². The fraction of sp³-hybridized carbons (Fsp3) is 0.513. The second-order valence-corrected chi connectivity index (χ2v) is 16.3. The Morgan fingerprint density at radius 3 is 2.31 bits per heavy atom. The van der Waals surface area contributed by atoms with Crippen molar-refractivity contribution in [3.8, 4) is 0 Å². The number of likely N-dealkylation sites (N-methyl/N-ethyl adjacent to an activating group) is 1. The topological polar surface area (TPSA) is 120 Å². The summed E-state index contributed by atoms with van der Waals surface area (Å²) in [5.41, 5.74) is 1.87. The van der Waals surface area contributed by atoms with Crippen molar-refractivity contribution in [1.82, 2.24) is 24.9 Å². The maximum atomic E-state index is 14.2. The molecule has 4 saturated heterocycles. The van der Waals surface area contributed by atoms with Crippen LogP contribution in [0.2, 0.25) is 0 Å². The smallest absolute Gasteiger partial charge is 0.379 e. The molecule has 1 spiro atoms. The highest BCUT2D eigenvalue weighted by atomic mass is 79.9. The summed E-state index contributed by atoms with van der Waals surface area (Å²) in [6, 6.07) is 12.2. The Hall–Kier alpha value is -4.24. The van der Waals surface area contributed by atoms with Crippen LogP contribution in [0.25, 0.3) is 0 Å². The highest BCUT2D eigenvalue weighted by molar-refractivity contribution is 9.10. The minimum Gasteiger partial charge on any atom is -0.379 e. The zero-order valence-corrected chi connectivity index (χ0v) is 32.0. The van der Waals surface area contributed by atoms with E-state index in [4.69, 9.17) is 0 Å². The summed E-state index contributed by atoms with van der Waals surface area (Å²) in [5, 5.41) is 9.80. The van der Waals surface area contributed by atoms with Crippen LogP contribution in [0.15, 0.2) is 57.9 Å². The number of piperidine rings is 4. The van der Waals surface area contributed by atoms with Crippen molar-refractivity contribution < 1.29 is 27.6 Å². The van der Waals surface area contributed by atoms with Gasteiger partial charge in [0.15, 0.2) is 0 Å². The molecule has 3 amide bonds. The monoisotopic (exact) mass is 811 g/mol. The Balaban J connectivity index is 0.935. The summed E-state index contributed by atoms with van der Waals surface area (Å²) >= 11 is 3.41. The summed E-state index contributed by atoms with van der Waals surface area (Å²) in [6.45, 7) is 4.18. The highest BCUT2D eigenvalue weighted by Crippen LogP contribution is 2.44. The molecule has 15 heteroatoms. The Labute approximate surface area is 320 Å². The first-order chi connectivity index (χ1) is 25.7. The molecule has 7 rings (SSSR count). The molecule has 2 aromatic carbocycles. The first kappa shape index (κ1) is 38.1. The Morgan fingerprint density at radius 2 is 1.65 bits per heavy atom. The number of aryl methyl sites for hydroxylation is 1. The molecule has 0 radical (unpaired) electrons. The van der Waals surface area contributed by atoms with E-state index in [0.29, 0.717) is 47.6 Å². The van der Waals surface area contributed by atoms with Crippen molar-refractivity contribution in [2.45, 2.75) is 69.0 Å². The second kappa shape index (κ2) is 15.1. The molecule has 4 fully saturated rings. The van der Waals surface area contributed by atoms with E-state index in [-0.39, 0.29) is 47.2 Å². The first-order valence-corrected chi connectivity index (χ1v) is 19.3. The molecular weight excluding hydrogens is 767 g/mol. The molecule has 2 N–H and O–H groups in total. The van der Waals surface area contributed by atoms with Crippen LogP contribution in [0.1, 0.15) is 83.8 Å². The van der Waals surface area contributed by atoms with Gasteiger partial charge >= 0.3 is 6.18 Å². The summed E-state index contributed by atoms with van der Waals surface area (Å²) in [6.07, 6.45) is 1.27. The van der Waals surface area contributed by atoms with Gasteiger partial charge in [0.05, 0.1) is 23.4 Å². The van der Waals surface area contributed by atoms with Gasteiger partial charge in [-0.15, -0.1) is 0 Å². The Kier molecular flexibility index (Phi) is 10.7. The van der Waals surface area contributed by atoms with E-state index in [0.717, 1.165) is 56.8 Å². The van der Waals surface area contributed by atoms with Crippen molar-refractivity contribution in [3.05, 3.63) is 85.7 Å². The molecule has 1 unspecified atom stereocenters. The van der Waals surface area contributed by atoms with E-state index in [2.05, 4.69) is 43.6 Å². The number of anilines is 2. The SMILES string of the molecule is CN1C[C@H](Nc2cnn(C)c(=O)c2Br)C[C@H](c2ccc(C(=O)N3CCC4(CC3)CCN(c3ccc(C5CCC(=O)NC5=O)c(C(F)(F)F)c3)CC4)cc2)C1. The van der Waals surface area contributed by atoms with Crippen molar-refractivity contribution in [2.75, 3.05) is 56.5 Å². The lowest BCUT2D eigenvalue weighted by atomic mass is 9.71. The van der Waals surface area contributed by atoms with E-state index >= 15 is 0 Å². The zero-order valence-electron chi connectivity index (χ0n) is 30.4. The number of nitrogens with one attached hydrogen (secondary N) is 2. The molecule has 5 heterocycles. The third-order valence-electron chi connectivity index (χ3n) is 12.0. The molecule has 288 valence electrons. The van der Waals surface area contributed by atoms with Crippen molar-refractivity contribution in [2.24, 2.45) is 12.5 Å². The van der Waals surface area contributed by atoms with Gasteiger partial charge in [0.2, 0.25) is 11.8 Å². The highest BCUT2D eigenvalue weighted by Gasteiger charge is 2.41. The third kappa shape index (κ3) is 7.93. The van der Waals surface area contributed by atoms with E-state index in [1.807, 2.05) is 34.1 Å². The predicted molar refractivity (Wildman–Crippen MR) is 201 cm³/mol. The van der Waals surface area contributed by atoms with Crippen molar-refractivity contribution in [1.29, 1.82) is 0 Å². The van der Waals surface area contributed by atoms with E-state index in [1.165, 1.54) is 10.7 Å². The van der Waals surface area contributed by atoms with Crippen LogP contribution >= 0.6 is 15.9 Å². The van der Waals surface area contributed by atoms with Gasteiger partial charge in [-0.05, 0) is 108 Å². The molecule has 4 aliphatic heterocycles. The number of halogens is 4. The van der Waals surface area contributed by atoms with Gasteiger partial charge in [0.1, 0.15) is 4.47 Å². The van der Waals surface area contributed by atoms with E-state index in [9.17, 15) is 32.3 Å². The van der Waals surface area contributed by atoms with Crippen molar-refractivity contribution >= 4 is 45.0 Å². The number of amides is 3. The van der Waals surface area contributed by atoms with Gasteiger partial charge in [-0.2, -0.15) is 18.3 Å². The van der Waals surface area contributed by atoms with Gasteiger partial charge in [0, 0.05) is 70.0 Å². The molecule has 0 aliphatic carbocycles. The van der Waals surface area contributed by atoms with Gasteiger partial charge in [-0.1, -0.05) is 18.2 Å². The molecular formula is C39H45BrF3N7O4. The Bertz CT molecular complexity index is 1970. The lowest BCUT2D eigenvalue weighted by molar-refractivity contribution is -0.139. The molecule has 4 aliphatic rings. The summed E-state index contributed by atoms with van der Waals surface area (Å²) in [5.74, 6) is -1.92. The lowest BCUT2D eigenvalue weighted by Crippen LogP contribution is -2.48. The van der Waals surface area contributed by atoms with Gasteiger partial charge in [-0.3, -0.25) is 24.5 Å². The van der Waals surface area contributed by atoms with Crippen LogP contribution in [0.3, 0.4) is 0 Å². The molecule has 11 nitrogen and oxygen atoms in total. The zero-order chi connectivity index (χ0) is 38.4. The molecule has 0 bridgehead atoms. The minimum absolute atomic E-state index is 0.00735. The molecule has 54 heavy (non-hydrogen) atoms. The minimum atomic E-state index is -4.64. The number of benzene rings is 2. The van der Waals surface area contributed by atoms with Crippen molar-refractivity contribution in [3.63, 3.8) is 0 Å². The standard InChI is InChI=1S/C39H45BrF3N7O4/c1-47-22-26(19-27(23-47)45-32-21-44-48(2)37(54)34(32)40)24-3-5-25(6-4-24)36(53)50-17-13-38(14-18-50)11-15-49(16-12-38)28-7-8-29(31(20-28)39(41,42)43)30-9-10-33(51)46-35(30)52/h3-8,20-21,26-27,30,45H,9-19,22-23H2,1-2H3,(H,46,51,52)/t26-,27+,30?/m0/s1. The molecule has 3 atom stereocenters. The fourth-order valence-electron chi connectivity index (χ4n) is 8.78. The van der Waals surface area contributed by atoms with Crippen LogP contribution in [0.5, 0.6) is 0 Å². The summed E-state index contributed by atoms with van der Waals surface area (Å²) in [7, 11) is 3.69. The average molecular weight is 813 g/mol. The number of alkyl halides is 3. The van der Waals surface area contributed by atoms with Gasteiger partial charge in [-0.25, -0.2) is 4.68 Å². The van der Waals surface area contributed by atoms with Gasteiger partial charge < -0.3 is 20.0 Å². The number of carbonyl (C=O) groups excluding carboxylic acids is 3. The number of carbonyl (C=O) groups is 3. The number of hydrogen-bond acceptors (Lipinski definition) is 8. The van der Waals surface area contributed by atoms with E-state index in [1.54, 1.807) is 19.3 Å². The second-order valence-electron chi connectivity index (χ2n) is 15.5. The van der Waals surface area contributed by atoms with Crippen LogP contribution in [-0.4, -0.2) is 89.7 Å². The number of nitrogens with zero attached hydrogens (tertiary/aromatic N) is 5. The third-order valence-corrected chi connectivity index (χ3v) is 12.7. The lowest BCUT2D eigenvalue weighted by Gasteiger charge is -2.47. The molecule has 0 saturated carbocycles. The predicted octanol–water partition coefficient (Wildman–Crippen LogP) is 5.50. The number of hydrogen-bond donors (Lipinski definition) is 2. The fourth-order valence-corrected chi connectivity index (χ4v) is 9.25. The Morgan fingerprint density at radius 1 is 0.963 bits per heavy atom. The maximum Gasteiger partial charge on any atom is 0.416 e. The summed E-state index contributed by atoms with van der Waals surface area (Å²) < 4.78 is 44.4. The number of aromatic nitrogens is 2. The summed E-state index contributed by atoms with van der Waals surface area (Å²) in [4.78, 5) is 56.1. The number of rotatable bonds is 6. The number of imide groups is 1. The molecule has 3 aromatic rings. The average Bonchev–Trinajstić information content (AvgIpc) is 3.15. The quantitative estimate of drug-likeness (QED) is 0.314. The molecule has 1 aromatic heterocycles. The van der Waals surface area contributed by atoms with E-state index < -0.39 is 29.5 Å². The maximum absolute atomic E-state index is 14.2. The van der Waals surface area contributed by atoms with Crippen LogP contribution in [0, 0.1) is 5.41 Å². The van der Waals surface area contributed by atoms with Crippen LogP contribution in [-0.2, 0) is 22.8 Å². The number of likely N-dealkylation sites (tertiary alicyclic amines) is 2. The largest absolute Gasteiger partial charge is 0.416 e. The van der Waals surface area contributed by atoms with Crippen LogP contribution in [0.4, 0.5) is 24.5 Å². The first-order valence-electron chi connectivity index (χ1n) is 18.6. The van der Waals surface area contributed by atoms with Gasteiger partial charge in [0.25, 0.3) is 11.5 Å².